The number of methoxy groups -OCH3 is 1. The van der Waals surface area contributed by atoms with E-state index in [4.69, 9.17) is 4.74 Å². The first kappa shape index (κ1) is 13.5. The highest BCUT2D eigenvalue weighted by molar-refractivity contribution is 5.98. The molecule has 108 valence electrons. The normalized spacial score (nSPS) is 14.2. The van der Waals surface area contributed by atoms with Gasteiger partial charge < -0.3 is 15.0 Å². The molecule has 0 aromatic heterocycles. The molecule has 1 N–H and O–H groups in total. The van der Waals surface area contributed by atoms with E-state index in [1.165, 1.54) is 5.56 Å². The minimum Gasteiger partial charge on any atom is -0.497 e. The molecule has 2 aromatic rings. The van der Waals surface area contributed by atoms with Crippen LogP contribution in [0.4, 0.5) is 17.1 Å². The number of hydrogen-bond donors (Lipinski definition) is 1. The fourth-order valence-electron chi connectivity index (χ4n) is 2.64. The summed E-state index contributed by atoms with van der Waals surface area (Å²) in [6.45, 7) is 2.74. The molecule has 1 aliphatic rings. The molecular weight excluding hydrogens is 264 g/mol. The molecule has 4 heteroatoms. The standard InChI is InChI=1S/C17H18N2O2/c1-12-5-3-4-6-15(12)19-10-9-17(20)18-14-11-13(21-2)7-8-16(14)19/h3-8,11H,9-10H2,1-2H3,(H,18,20). The monoisotopic (exact) mass is 282 g/mol. The Labute approximate surface area is 124 Å². The number of nitrogens with one attached hydrogen (secondary N) is 1. The lowest BCUT2D eigenvalue weighted by Gasteiger charge is -2.26. The number of para-hydroxylation sites is 1. The Morgan fingerprint density at radius 2 is 1.95 bits per heavy atom. The van der Waals surface area contributed by atoms with Crippen molar-refractivity contribution in [3.05, 3.63) is 48.0 Å². The second-order valence-corrected chi connectivity index (χ2v) is 5.12. The Bertz CT molecular complexity index is 682. The first-order chi connectivity index (χ1) is 10.2. The molecule has 0 saturated carbocycles. The van der Waals surface area contributed by atoms with Gasteiger partial charge in [-0.3, -0.25) is 4.79 Å². The Morgan fingerprint density at radius 3 is 2.71 bits per heavy atom. The van der Waals surface area contributed by atoms with Gasteiger partial charge in [0.05, 0.1) is 18.5 Å². The Hall–Kier alpha value is -2.49. The first-order valence-corrected chi connectivity index (χ1v) is 7.00. The summed E-state index contributed by atoms with van der Waals surface area (Å²) in [5.74, 6) is 0.765. The van der Waals surface area contributed by atoms with E-state index in [1.807, 2.05) is 30.3 Å². The lowest BCUT2D eigenvalue weighted by molar-refractivity contribution is -0.115. The van der Waals surface area contributed by atoms with Crippen LogP contribution < -0.4 is 15.0 Å². The fourth-order valence-corrected chi connectivity index (χ4v) is 2.64. The molecule has 1 aliphatic heterocycles. The number of amides is 1. The summed E-state index contributed by atoms with van der Waals surface area (Å²) in [4.78, 5) is 14.1. The molecule has 1 heterocycles. The van der Waals surface area contributed by atoms with Gasteiger partial charge in [0.1, 0.15) is 5.75 Å². The van der Waals surface area contributed by atoms with Gasteiger partial charge in [-0.05, 0) is 30.7 Å². The lowest BCUT2D eigenvalue weighted by atomic mass is 10.1. The van der Waals surface area contributed by atoms with E-state index in [0.29, 0.717) is 13.0 Å². The molecular formula is C17H18N2O2. The Kier molecular flexibility index (Phi) is 3.52. The summed E-state index contributed by atoms with van der Waals surface area (Å²) in [6, 6.07) is 14.0. The van der Waals surface area contributed by atoms with Gasteiger partial charge >= 0.3 is 0 Å². The number of fused-ring (bicyclic) bond motifs is 1. The average Bonchev–Trinajstić information content (AvgIpc) is 2.65. The van der Waals surface area contributed by atoms with Gasteiger partial charge in [-0.25, -0.2) is 0 Å². The molecule has 3 rings (SSSR count). The van der Waals surface area contributed by atoms with Crippen LogP contribution in [0.2, 0.25) is 0 Å². The van der Waals surface area contributed by atoms with Gasteiger partial charge in [0.2, 0.25) is 5.91 Å². The summed E-state index contributed by atoms with van der Waals surface area (Å²) < 4.78 is 5.25. The summed E-state index contributed by atoms with van der Waals surface area (Å²) in [7, 11) is 1.62. The number of benzene rings is 2. The van der Waals surface area contributed by atoms with Crippen LogP contribution in [0.15, 0.2) is 42.5 Å². The SMILES string of the molecule is COc1ccc2c(c1)NC(=O)CCN2c1ccccc1C. The third-order valence-electron chi connectivity index (χ3n) is 3.74. The molecule has 0 fully saturated rings. The average molecular weight is 282 g/mol. The number of rotatable bonds is 2. The number of hydrogen-bond acceptors (Lipinski definition) is 3. The second kappa shape index (κ2) is 5.48. The topological polar surface area (TPSA) is 41.6 Å². The van der Waals surface area contributed by atoms with Crippen molar-refractivity contribution in [3.8, 4) is 5.75 Å². The van der Waals surface area contributed by atoms with Gasteiger partial charge in [-0.15, -0.1) is 0 Å². The largest absolute Gasteiger partial charge is 0.497 e. The molecule has 21 heavy (non-hydrogen) atoms. The van der Waals surface area contributed by atoms with Crippen molar-refractivity contribution in [3.63, 3.8) is 0 Å². The molecule has 0 radical (unpaired) electrons. The van der Waals surface area contributed by atoms with Crippen LogP contribution in [0.1, 0.15) is 12.0 Å². The summed E-state index contributed by atoms with van der Waals surface area (Å²) >= 11 is 0. The van der Waals surface area contributed by atoms with Crippen molar-refractivity contribution in [1.29, 1.82) is 0 Å². The van der Waals surface area contributed by atoms with E-state index in [1.54, 1.807) is 7.11 Å². The zero-order chi connectivity index (χ0) is 14.8. The van der Waals surface area contributed by atoms with Crippen LogP contribution in [0.5, 0.6) is 5.75 Å². The third-order valence-corrected chi connectivity index (χ3v) is 3.74. The number of carbonyl (C=O) groups excluding carboxylic acids is 1. The van der Waals surface area contributed by atoms with Crippen molar-refractivity contribution < 1.29 is 9.53 Å². The van der Waals surface area contributed by atoms with E-state index in [2.05, 4.69) is 29.3 Å². The van der Waals surface area contributed by atoms with Crippen LogP contribution >= 0.6 is 0 Å². The van der Waals surface area contributed by atoms with Crippen LogP contribution in [0, 0.1) is 6.92 Å². The predicted octanol–water partition coefficient (Wildman–Crippen LogP) is 3.48. The highest BCUT2D eigenvalue weighted by atomic mass is 16.5. The van der Waals surface area contributed by atoms with Crippen LogP contribution in [0.25, 0.3) is 0 Å². The quantitative estimate of drug-likeness (QED) is 0.916. The number of ether oxygens (including phenoxy) is 1. The zero-order valence-electron chi connectivity index (χ0n) is 12.2. The van der Waals surface area contributed by atoms with Crippen LogP contribution in [0.3, 0.4) is 0 Å². The molecule has 0 bridgehead atoms. The molecule has 0 atom stereocenters. The van der Waals surface area contributed by atoms with Crippen molar-refractivity contribution in [2.45, 2.75) is 13.3 Å². The zero-order valence-corrected chi connectivity index (χ0v) is 12.2. The Balaban J connectivity index is 2.11. The van der Waals surface area contributed by atoms with Gasteiger partial charge in [-0.2, -0.15) is 0 Å². The van der Waals surface area contributed by atoms with Crippen molar-refractivity contribution in [2.24, 2.45) is 0 Å². The highest BCUT2D eigenvalue weighted by Gasteiger charge is 2.21. The third kappa shape index (κ3) is 2.57. The van der Waals surface area contributed by atoms with Crippen LogP contribution in [-0.2, 0) is 4.79 Å². The Morgan fingerprint density at radius 1 is 1.14 bits per heavy atom. The van der Waals surface area contributed by atoms with Gasteiger partial charge in [0.15, 0.2) is 0 Å². The molecule has 1 amide bonds. The van der Waals surface area contributed by atoms with Crippen LogP contribution in [-0.4, -0.2) is 19.6 Å². The van der Waals surface area contributed by atoms with E-state index < -0.39 is 0 Å². The number of anilines is 3. The van der Waals surface area contributed by atoms with Crippen molar-refractivity contribution in [1.82, 2.24) is 0 Å². The van der Waals surface area contributed by atoms with E-state index in [9.17, 15) is 4.79 Å². The molecule has 2 aromatic carbocycles. The molecule has 4 nitrogen and oxygen atoms in total. The maximum atomic E-state index is 11.9. The molecule has 0 saturated heterocycles. The maximum Gasteiger partial charge on any atom is 0.226 e. The smallest absolute Gasteiger partial charge is 0.226 e. The molecule has 0 aliphatic carbocycles. The molecule has 0 unspecified atom stereocenters. The number of nitrogens with zero attached hydrogens (tertiary/aromatic N) is 1. The summed E-state index contributed by atoms with van der Waals surface area (Å²) in [5, 5.41) is 2.96. The van der Waals surface area contributed by atoms with Gasteiger partial charge in [0, 0.05) is 24.7 Å². The lowest BCUT2D eigenvalue weighted by Crippen LogP contribution is -2.19. The van der Waals surface area contributed by atoms with E-state index >= 15 is 0 Å². The fraction of sp³-hybridized carbons (Fsp3) is 0.235. The second-order valence-electron chi connectivity index (χ2n) is 5.12. The van der Waals surface area contributed by atoms with Crippen molar-refractivity contribution >= 4 is 23.0 Å². The minimum absolute atomic E-state index is 0.0283. The number of aryl methyl sites for hydroxylation is 1. The number of carbonyl (C=O) groups is 1. The van der Waals surface area contributed by atoms with Crippen molar-refractivity contribution in [2.75, 3.05) is 23.9 Å². The predicted molar refractivity (Wildman–Crippen MR) is 84.4 cm³/mol. The van der Waals surface area contributed by atoms with Gasteiger partial charge in [0.25, 0.3) is 0 Å². The van der Waals surface area contributed by atoms with E-state index in [-0.39, 0.29) is 5.91 Å². The summed E-state index contributed by atoms with van der Waals surface area (Å²) in [6.07, 6.45) is 0.464. The summed E-state index contributed by atoms with van der Waals surface area (Å²) in [5.41, 5.74) is 4.10. The van der Waals surface area contributed by atoms with E-state index in [0.717, 1.165) is 22.8 Å². The minimum atomic E-state index is 0.0283. The highest BCUT2D eigenvalue weighted by Crippen LogP contribution is 2.37. The first-order valence-electron chi connectivity index (χ1n) is 7.00. The maximum absolute atomic E-state index is 11.9. The molecule has 0 spiro atoms. The van der Waals surface area contributed by atoms with Gasteiger partial charge in [-0.1, -0.05) is 18.2 Å².